The summed E-state index contributed by atoms with van der Waals surface area (Å²) in [6.45, 7) is 4.44. The molecule has 2 rings (SSSR count). The first kappa shape index (κ1) is 11.6. The van der Waals surface area contributed by atoms with Crippen LogP contribution < -0.4 is 5.73 Å². The van der Waals surface area contributed by atoms with Crippen molar-refractivity contribution in [3.63, 3.8) is 0 Å². The molecular formula is C14H22N2. The SMILES string of the molecule is Cc1cccc(C2CCN(C)CCC2N)c1. The molecule has 88 valence electrons. The highest BCUT2D eigenvalue weighted by molar-refractivity contribution is 5.27. The van der Waals surface area contributed by atoms with E-state index in [4.69, 9.17) is 5.73 Å². The Hall–Kier alpha value is -0.860. The van der Waals surface area contributed by atoms with Crippen LogP contribution in [0.25, 0.3) is 0 Å². The van der Waals surface area contributed by atoms with Gasteiger partial charge in [0.1, 0.15) is 0 Å². The number of hydrogen-bond donors (Lipinski definition) is 1. The topological polar surface area (TPSA) is 29.3 Å². The van der Waals surface area contributed by atoms with Crippen molar-refractivity contribution in [2.45, 2.75) is 31.7 Å². The van der Waals surface area contributed by atoms with E-state index in [0.29, 0.717) is 12.0 Å². The van der Waals surface area contributed by atoms with E-state index in [1.807, 2.05) is 0 Å². The van der Waals surface area contributed by atoms with Crippen LogP contribution in [0, 0.1) is 6.92 Å². The van der Waals surface area contributed by atoms with Crippen molar-refractivity contribution in [1.82, 2.24) is 4.90 Å². The van der Waals surface area contributed by atoms with Crippen molar-refractivity contribution >= 4 is 0 Å². The highest BCUT2D eigenvalue weighted by atomic mass is 15.1. The molecule has 2 N–H and O–H groups in total. The van der Waals surface area contributed by atoms with Crippen LogP contribution in [-0.2, 0) is 0 Å². The highest BCUT2D eigenvalue weighted by Crippen LogP contribution is 2.27. The summed E-state index contributed by atoms with van der Waals surface area (Å²) in [7, 11) is 2.19. The number of rotatable bonds is 1. The Balaban J connectivity index is 2.18. The Bertz CT molecular complexity index is 348. The third-order valence-corrected chi connectivity index (χ3v) is 3.65. The van der Waals surface area contributed by atoms with Crippen molar-refractivity contribution < 1.29 is 0 Å². The molecule has 1 aliphatic heterocycles. The number of benzene rings is 1. The third-order valence-electron chi connectivity index (χ3n) is 3.65. The van der Waals surface area contributed by atoms with E-state index in [1.165, 1.54) is 17.5 Å². The summed E-state index contributed by atoms with van der Waals surface area (Å²) in [5.74, 6) is 0.532. The molecule has 0 amide bonds. The molecule has 0 spiro atoms. The molecule has 1 fully saturated rings. The van der Waals surface area contributed by atoms with Gasteiger partial charge in [0.15, 0.2) is 0 Å². The minimum Gasteiger partial charge on any atom is -0.327 e. The lowest BCUT2D eigenvalue weighted by Gasteiger charge is -2.21. The summed E-state index contributed by atoms with van der Waals surface area (Å²) in [5.41, 5.74) is 9.05. The summed E-state index contributed by atoms with van der Waals surface area (Å²) in [6, 6.07) is 9.12. The number of likely N-dealkylation sites (tertiary alicyclic amines) is 1. The van der Waals surface area contributed by atoms with Crippen LogP contribution in [0.5, 0.6) is 0 Å². The summed E-state index contributed by atoms with van der Waals surface area (Å²) >= 11 is 0. The van der Waals surface area contributed by atoms with Crippen LogP contribution >= 0.6 is 0 Å². The van der Waals surface area contributed by atoms with Crippen LogP contribution in [0.1, 0.15) is 29.9 Å². The van der Waals surface area contributed by atoms with Gasteiger partial charge in [-0.2, -0.15) is 0 Å². The molecule has 2 heteroatoms. The normalized spacial score (nSPS) is 27.7. The van der Waals surface area contributed by atoms with Crippen molar-refractivity contribution in [2.75, 3.05) is 20.1 Å². The number of nitrogens with two attached hydrogens (primary N) is 1. The maximum Gasteiger partial charge on any atom is 0.0120 e. The van der Waals surface area contributed by atoms with Gasteiger partial charge in [-0.1, -0.05) is 29.8 Å². The van der Waals surface area contributed by atoms with Crippen LogP contribution in [0.4, 0.5) is 0 Å². The number of aryl methyl sites for hydroxylation is 1. The van der Waals surface area contributed by atoms with Gasteiger partial charge in [0.2, 0.25) is 0 Å². The van der Waals surface area contributed by atoms with Crippen LogP contribution in [-0.4, -0.2) is 31.1 Å². The molecule has 2 atom stereocenters. The van der Waals surface area contributed by atoms with Gasteiger partial charge in [0.25, 0.3) is 0 Å². The molecule has 1 aromatic rings. The lowest BCUT2D eigenvalue weighted by molar-refractivity contribution is 0.346. The number of nitrogens with zero attached hydrogens (tertiary/aromatic N) is 1. The Kier molecular flexibility index (Phi) is 3.62. The predicted molar refractivity (Wildman–Crippen MR) is 68.6 cm³/mol. The first-order valence-electron chi connectivity index (χ1n) is 6.17. The molecule has 16 heavy (non-hydrogen) atoms. The molecule has 0 bridgehead atoms. The van der Waals surface area contributed by atoms with Crippen molar-refractivity contribution in [3.8, 4) is 0 Å². The van der Waals surface area contributed by atoms with Gasteiger partial charge >= 0.3 is 0 Å². The lowest BCUT2D eigenvalue weighted by Crippen LogP contribution is -2.28. The second-order valence-electron chi connectivity index (χ2n) is 5.07. The molecule has 0 aromatic heterocycles. The van der Waals surface area contributed by atoms with Gasteiger partial charge < -0.3 is 10.6 Å². The summed E-state index contributed by atoms with van der Waals surface area (Å²) < 4.78 is 0. The van der Waals surface area contributed by atoms with E-state index >= 15 is 0 Å². The zero-order chi connectivity index (χ0) is 11.5. The van der Waals surface area contributed by atoms with Gasteiger partial charge in [-0.05, 0) is 45.5 Å². The van der Waals surface area contributed by atoms with Gasteiger partial charge in [-0.15, -0.1) is 0 Å². The van der Waals surface area contributed by atoms with Crippen molar-refractivity contribution in [2.24, 2.45) is 5.73 Å². The molecule has 1 aromatic carbocycles. The zero-order valence-electron chi connectivity index (χ0n) is 10.3. The van der Waals surface area contributed by atoms with Crippen molar-refractivity contribution in [3.05, 3.63) is 35.4 Å². The van der Waals surface area contributed by atoms with Crippen LogP contribution in [0.2, 0.25) is 0 Å². The highest BCUT2D eigenvalue weighted by Gasteiger charge is 2.23. The maximum absolute atomic E-state index is 6.30. The molecule has 1 saturated heterocycles. The Morgan fingerprint density at radius 2 is 2.00 bits per heavy atom. The fourth-order valence-corrected chi connectivity index (χ4v) is 2.57. The predicted octanol–water partition coefficient (Wildman–Crippen LogP) is 2.13. The minimum atomic E-state index is 0.312. The summed E-state index contributed by atoms with van der Waals surface area (Å²) in [4.78, 5) is 2.38. The number of hydrogen-bond acceptors (Lipinski definition) is 2. The lowest BCUT2D eigenvalue weighted by atomic mass is 9.87. The largest absolute Gasteiger partial charge is 0.327 e. The fraction of sp³-hybridized carbons (Fsp3) is 0.571. The Morgan fingerprint density at radius 1 is 1.25 bits per heavy atom. The van der Waals surface area contributed by atoms with Crippen molar-refractivity contribution in [1.29, 1.82) is 0 Å². The average Bonchev–Trinajstić information content (AvgIpc) is 2.42. The Morgan fingerprint density at radius 3 is 2.75 bits per heavy atom. The summed E-state index contributed by atoms with van der Waals surface area (Å²) in [5, 5.41) is 0. The quantitative estimate of drug-likeness (QED) is 0.782. The maximum atomic E-state index is 6.30. The second-order valence-corrected chi connectivity index (χ2v) is 5.07. The molecular weight excluding hydrogens is 196 g/mol. The molecule has 1 heterocycles. The van der Waals surface area contributed by atoms with Gasteiger partial charge in [0, 0.05) is 12.0 Å². The van der Waals surface area contributed by atoms with Crippen LogP contribution in [0.3, 0.4) is 0 Å². The van der Waals surface area contributed by atoms with Gasteiger partial charge in [-0.3, -0.25) is 0 Å². The molecule has 2 nitrogen and oxygen atoms in total. The molecule has 0 aliphatic carbocycles. The zero-order valence-corrected chi connectivity index (χ0v) is 10.3. The fourth-order valence-electron chi connectivity index (χ4n) is 2.57. The molecule has 0 radical (unpaired) electrons. The first-order chi connectivity index (χ1) is 7.66. The molecule has 0 saturated carbocycles. The van der Waals surface area contributed by atoms with Gasteiger partial charge in [-0.25, -0.2) is 0 Å². The Labute approximate surface area is 98.4 Å². The molecule has 2 unspecified atom stereocenters. The third kappa shape index (κ3) is 2.63. The minimum absolute atomic E-state index is 0.312. The first-order valence-corrected chi connectivity index (χ1v) is 6.17. The van der Waals surface area contributed by atoms with Gasteiger partial charge in [0.05, 0.1) is 0 Å². The molecule has 1 aliphatic rings. The summed E-state index contributed by atoms with van der Waals surface area (Å²) in [6.07, 6.45) is 2.29. The average molecular weight is 218 g/mol. The van der Waals surface area contributed by atoms with E-state index in [2.05, 4.69) is 43.1 Å². The van der Waals surface area contributed by atoms with E-state index < -0.39 is 0 Å². The van der Waals surface area contributed by atoms with E-state index in [1.54, 1.807) is 0 Å². The van der Waals surface area contributed by atoms with E-state index in [0.717, 1.165) is 19.5 Å². The standard InChI is InChI=1S/C14H22N2/c1-11-4-3-5-12(10-11)13-6-8-16(2)9-7-14(13)15/h3-5,10,13-14H,6-9,15H2,1-2H3. The van der Waals surface area contributed by atoms with E-state index in [9.17, 15) is 0 Å². The monoisotopic (exact) mass is 218 g/mol. The van der Waals surface area contributed by atoms with Crippen LogP contribution in [0.15, 0.2) is 24.3 Å². The smallest absolute Gasteiger partial charge is 0.0120 e. The van der Waals surface area contributed by atoms with E-state index in [-0.39, 0.29) is 0 Å². The second kappa shape index (κ2) is 4.98.